The molecular weight excluding hydrogens is 418 g/mol. The minimum absolute atomic E-state index is 0.207. The number of hydrogen-bond acceptors (Lipinski definition) is 4. The van der Waals surface area contributed by atoms with Gasteiger partial charge in [0.05, 0.1) is 0 Å². The van der Waals surface area contributed by atoms with Gasteiger partial charge in [0.2, 0.25) is 11.8 Å². The van der Waals surface area contributed by atoms with E-state index < -0.39 is 23.8 Å². The molecule has 0 heterocycles. The Labute approximate surface area is 199 Å². The second-order valence-electron chi connectivity index (χ2n) is 9.56. The number of alkyl carbamates (subject to hydrolysis) is 1. The summed E-state index contributed by atoms with van der Waals surface area (Å²) in [6, 6.07) is 6.07. The zero-order chi connectivity index (χ0) is 25.0. The smallest absolute Gasteiger partial charge is 0.408 e. The summed E-state index contributed by atoms with van der Waals surface area (Å²) in [7, 11) is 0. The molecule has 0 saturated carbocycles. The Hall–Kier alpha value is -2.57. The number of nitrogens with one attached hydrogen (secondary N) is 2. The van der Waals surface area contributed by atoms with Gasteiger partial charge in [0, 0.05) is 13.1 Å². The molecule has 0 aliphatic carbocycles. The van der Waals surface area contributed by atoms with Crippen LogP contribution < -0.4 is 10.6 Å². The molecule has 0 aromatic heterocycles. The molecule has 33 heavy (non-hydrogen) atoms. The molecule has 2 unspecified atom stereocenters. The van der Waals surface area contributed by atoms with Crippen LogP contribution in [0.15, 0.2) is 24.3 Å². The molecule has 0 aliphatic rings. The number of hydrogen-bond donors (Lipinski definition) is 2. The fourth-order valence-electron chi connectivity index (χ4n) is 3.40. The van der Waals surface area contributed by atoms with Gasteiger partial charge in [-0.15, -0.1) is 0 Å². The molecule has 1 rings (SSSR count). The van der Waals surface area contributed by atoms with Crippen LogP contribution in [0.2, 0.25) is 0 Å². The van der Waals surface area contributed by atoms with Crippen LogP contribution in [0.5, 0.6) is 0 Å². The first kappa shape index (κ1) is 28.5. The number of amides is 3. The van der Waals surface area contributed by atoms with Gasteiger partial charge in [-0.1, -0.05) is 62.9 Å². The Morgan fingerprint density at radius 1 is 1.00 bits per heavy atom. The Bertz CT molecular complexity index is 756. The summed E-state index contributed by atoms with van der Waals surface area (Å²) in [4.78, 5) is 40.7. The molecule has 1 aromatic carbocycles. The van der Waals surface area contributed by atoms with Crippen molar-refractivity contribution in [2.45, 2.75) is 98.3 Å². The van der Waals surface area contributed by atoms with Crippen molar-refractivity contribution in [2.75, 3.05) is 13.1 Å². The molecule has 0 spiro atoms. The van der Waals surface area contributed by atoms with E-state index in [0.717, 1.165) is 43.2 Å². The van der Waals surface area contributed by atoms with Gasteiger partial charge in [0.15, 0.2) is 0 Å². The van der Waals surface area contributed by atoms with E-state index in [4.69, 9.17) is 4.74 Å². The second-order valence-corrected chi connectivity index (χ2v) is 9.56. The molecule has 0 radical (unpaired) electrons. The maximum Gasteiger partial charge on any atom is 0.408 e. The molecule has 186 valence electrons. The van der Waals surface area contributed by atoms with Crippen molar-refractivity contribution in [1.82, 2.24) is 15.5 Å². The molecule has 3 amide bonds. The summed E-state index contributed by atoms with van der Waals surface area (Å²) in [6.45, 7) is 14.0. The maximum absolute atomic E-state index is 13.5. The minimum atomic E-state index is -0.835. The largest absolute Gasteiger partial charge is 0.444 e. The highest BCUT2D eigenvalue weighted by Gasteiger charge is 2.34. The third kappa shape index (κ3) is 10.3. The zero-order valence-electron chi connectivity index (χ0n) is 21.5. The van der Waals surface area contributed by atoms with E-state index in [1.165, 1.54) is 0 Å². The number of unbranched alkanes of at least 4 members (excludes halogenated alkanes) is 3. The van der Waals surface area contributed by atoms with Crippen molar-refractivity contribution in [3.8, 4) is 0 Å². The number of carbonyl (C=O) groups excluding carboxylic acids is 3. The highest BCUT2D eigenvalue weighted by Crippen LogP contribution is 2.24. The lowest BCUT2D eigenvalue weighted by Gasteiger charge is -2.34. The summed E-state index contributed by atoms with van der Waals surface area (Å²) in [6.07, 6.45) is 3.88. The van der Waals surface area contributed by atoms with Gasteiger partial charge in [0.1, 0.15) is 17.7 Å². The van der Waals surface area contributed by atoms with E-state index in [1.807, 2.05) is 31.2 Å². The lowest BCUT2D eigenvalue weighted by atomic mass is 10.0. The molecule has 2 N–H and O–H groups in total. The highest BCUT2D eigenvalue weighted by molar-refractivity contribution is 5.92. The monoisotopic (exact) mass is 461 g/mol. The van der Waals surface area contributed by atoms with Gasteiger partial charge < -0.3 is 20.3 Å². The summed E-state index contributed by atoms with van der Waals surface area (Å²) in [5.41, 5.74) is 1.16. The summed E-state index contributed by atoms with van der Waals surface area (Å²) >= 11 is 0. The van der Waals surface area contributed by atoms with Gasteiger partial charge in [-0.05, 0) is 53.0 Å². The van der Waals surface area contributed by atoms with Crippen molar-refractivity contribution in [3.05, 3.63) is 35.4 Å². The Balaban J connectivity index is 3.22. The van der Waals surface area contributed by atoms with Crippen molar-refractivity contribution < 1.29 is 19.1 Å². The van der Waals surface area contributed by atoms with E-state index in [9.17, 15) is 14.4 Å². The highest BCUT2D eigenvalue weighted by atomic mass is 16.6. The quantitative estimate of drug-likeness (QED) is 0.434. The molecule has 0 fully saturated rings. The van der Waals surface area contributed by atoms with Crippen LogP contribution in [0.25, 0.3) is 0 Å². The van der Waals surface area contributed by atoms with Crippen LogP contribution in [0, 0.1) is 6.92 Å². The molecule has 7 heteroatoms. The van der Waals surface area contributed by atoms with Crippen molar-refractivity contribution in [1.29, 1.82) is 0 Å². The van der Waals surface area contributed by atoms with Gasteiger partial charge in [0.25, 0.3) is 0 Å². The molecular formula is C26H43N3O4. The predicted molar refractivity (Wildman–Crippen MR) is 132 cm³/mol. The molecule has 1 aromatic rings. The fourth-order valence-corrected chi connectivity index (χ4v) is 3.40. The number of carbonyl (C=O) groups is 3. The van der Waals surface area contributed by atoms with Crippen molar-refractivity contribution in [2.24, 2.45) is 0 Å². The Morgan fingerprint density at radius 2 is 1.61 bits per heavy atom. The maximum atomic E-state index is 13.5. The van der Waals surface area contributed by atoms with Crippen molar-refractivity contribution in [3.63, 3.8) is 0 Å². The van der Waals surface area contributed by atoms with Gasteiger partial charge in [-0.2, -0.15) is 0 Å². The normalized spacial score (nSPS) is 13.1. The number of ether oxygens (including phenoxy) is 1. The SMILES string of the molecule is CCCCCN(C(=O)C(C)NC(=O)OC(C)(C)C)C(C(=O)NCCCC)c1ccc(C)cc1. The number of nitrogens with zero attached hydrogens (tertiary/aromatic N) is 1. The van der Waals surface area contributed by atoms with Crippen LogP contribution in [-0.4, -0.2) is 47.5 Å². The third-order valence-corrected chi connectivity index (χ3v) is 5.17. The van der Waals surface area contributed by atoms with E-state index in [-0.39, 0.29) is 11.8 Å². The topological polar surface area (TPSA) is 87.7 Å². The predicted octanol–water partition coefficient (Wildman–Crippen LogP) is 4.88. The first-order valence-electron chi connectivity index (χ1n) is 12.1. The standard InChI is InChI=1S/C26H43N3O4/c1-8-10-12-18-29(24(31)20(4)28-25(32)33-26(5,6)7)22(23(30)27-17-11-9-2)21-15-13-19(3)14-16-21/h13-16,20,22H,8-12,17-18H2,1-7H3,(H,27,30)(H,28,32). The van der Waals surface area contributed by atoms with E-state index >= 15 is 0 Å². The van der Waals surface area contributed by atoms with Crippen LogP contribution in [0.1, 0.15) is 90.8 Å². The molecule has 7 nitrogen and oxygen atoms in total. The van der Waals surface area contributed by atoms with Gasteiger partial charge in [-0.3, -0.25) is 9.59 Å². The number of rotatable bonds is 12. The van der Waals surface area contributed by atoms with E-state index in [2.05, 4.69) is 24.5 Å². The zero-order valence-corrected chi connectivity index (χ0v) is 21.5. The fraction of sp³-hybridized carbons (Fsp3) is 0.654. The van der Waals surface area contributed by atoms with Crippen LogP contribution in [0.4, 0.5) is 4.79 Å². The summed E-state index contributed by atoms with van der Waals surface area (Å²) < 4.78 is 5.31. The van der Waals surface area contributed by atoms with Crippen LogP contribution in [-0.2, 0) is 14.3 Å². The lowest BCUT2D eigenvalue weighted by molar-refractivity contribution is -0.142. The molecule has 0 bridgehead atoms. The average molecular weight is 462 g/mol. The third-order valence-electron chi connectivity index (χ3n) is 5.17. The number of benzene rings is 1. The van der Waals surface area contributed by atoms with Gasteiger partial charge >= 0.3 is 6.09 Å². The second kappa shape index (κ2) is 13.9. The summed E-state index contributed by atoms with van der Waals surface area (Å²) in [5, 5.41) is 5.62. The molecule has 0 aliphatic heterocycles. The number of aryl methyl sites for hydroxylation is 1. The van der Waals surface area contributed by atoms with Gasteiger partial charge in [-0.25, -0.2) is 4.79 Å². The van der Waals surface area contributed by atoms with E-state index in [0.29, 0.717) is 13.1 Å². The molecule has 2 atom stereocenters. The minimum Gasteiger partial charge on any atom is -0.444 e. The lowest BCUT2D eigenvalue weighted by Crippen LogP contribution is -2.52. The van der Waals surface area contributed by atoms with Crippen molar-refractivity contribution >= 4 is 17.9 Å². The van der Waals surface area contributed by atoms with E-state index in [1.54, 1.807) is 32.6 Å². The van der Waals surface area contributed by atoms with Crippen LogP contribution in [0.3, 0.4) is 0 Å². The molecule has 0 saturated heterocycles. The Kier molecular flexibility index (Phi) is 12.0. The van der Waals surface area contributed by atoms with Crippen LogP contribution >= 0.6 is 0 Å². The summed E-state index contributed by atoms with van der Waals surface area (Å²) in [5.74, 6) is -0.519. The average Bonchev–Trinajstić information content (AvgIpc) is 2.72. The first-order chi connectivity index (χ1) is 15.5. The Morgan fingerprint density at radius 3 is 2.15 bits per heavy atom. The first-order valence-corrected chi connectivity index (χ1v) is 12.1.